The molecule has 7 nitrogen and oxygen atoms in total. The normalized spacial score (nSPS) is 15.6. The quantitative estimate of drug-likeness (QED) is 0.832. The summed E-state index contributed by atoms with van der Waals surface area (Å²) < 4.78 is 27.0. The molecule has 0 spiro atoms. The van der Waals surface area contributed by atoms with E-state index in [1.54, 1.807) is 18.2 Å². The van der Waals surface area contributed by atoms with Gasteiger partial charge in [0.15, 0.2) is 28.8 Å². The van der Waals surface area contributed by atoms with Crippen LogP contribution in [-0.2, 0) is 6.42 Å². The van der Waals surface area contributed by atoms with Crippen LogP contribution in [0.4, 0.5) is 0 Å². The number of rotatable bonds is 6. The van der Waals surface area contributed by atoms with Gasteiger partial charge in [-0.05, 0) is 24.1 Å². The van der Waals surface area contributed by atoms with Gasteiger partial charge in [-0.2, -0.15) is 0 Å². The molecule has 0 aliphatic carbocycles. The standard InChI is InChI=1S/C20H22O7/c1-23-14-6-5-11(8-13(14)21)7-12-10-27-15-9-16(24-2)19(25-3)20(26-4)17(15)18(12)22/h5-6,8-9,12,21H,7,10H2,1-4H3/t12-/m0/s1. The summed E-state index contributed by atoms with van der Waals surface area (Å²) in [6.45, 7) is 0.220. The molecule has 1 aliphatic rings. The van der Waals surface area contributed by atoms with Crippen molar-refractivity contribution in [2.45, 2.75) is 6.42 Å². The molecule has 0 saturated carbocycles. The zero-order valence-electron chi connectivity index (χ0n) is 15.7. The maximum Gasteiger partial charge on any atom is 0.204 e. The molecular formula is C20H22O7. The second-order valence-electron chi connectivity index (χ2n) is 6.10. The predicted octanol–water partition coefficient (Wildman–Crippen LogP) is 2.86. The van der Waals surface area contributed by atoms with E-state index in [0.717, 1.165) is 5.56 Å². The zero-order valence-corrected chi connectivity index (χ0v) is 15.7. The van der Waals surface area contributed by atoms with E-state index in [9.17, 15) is 9.90 Å². The maximum absolute atomic E-state index is 13.1. The van der Waals surface area contributed by atoms with Crippen molar-refractivity contribution < 1.29 is 33.6 Å². The number of carbonyl (C=O) groups is 1. The Balaban J connectivity index is 1.95. The number of carbonyl (C=O) groups excluding carboxylic acids is 1. The first kappa shape index (κ1) is 18.7. The number of hydrogen-bond donors (Lipinski definition) is 1. The number of ketones is 1. The van der Waals surface area contributed by atoms with E-state index >= 15 is 0 Å². The molecule has 2 aromatic rings. The van der Waals surface area contributed by atoms with Crippen molar-refractivity contribution in [3.8, 4) is 34.5 Å². The maximum atomic E-state index is 13.1. The molecule has 0 fully saturated rings. The summed E-state index contributed by atoms with van der Waals surface area (Å²) in [7, 11) is 5.94. The second kappa shape index (κ2) is 7.65. The highest BCUT2D eigenvalue weighted by molar-refractivity contribution is 6.05. The van der Waals surface area contributed by atoms with Crippen LogP contribution >= 0.6 is 0 Å². The number of hydrogen-bond acceptors (Lipinski definition) is 7. The minimum atomic E-state index is -0.419. The Bertz CT molecular complexity index is 860. The van der Waals surface area contributed by atoms with Gasteiger partial charge in [-0.3, -0.25) is 4.79 Å². The molecule has 1 heterocycles. The van der Waals surface area contributed by atoms with Gasteiger partial charge in [0, 0.05) is 6.07 Å². The number of phenolic OH excluding ortho intramolecular Hbond substituents is 1. The van der Waals surface area contributed by atoms with Crippen LogP contribution in [0.2, 0.25) is 0 Å². The average Bonchev–Trinajstić information content (AvgIpc) is 2.68. The van der Waals surface area contributed by atoms with Crippen molar-refractivity contribution in [1.82, 2.24) is 0 Å². The first-order valence-electron chi connectivity index (χ1n) is 8.39. The first-order chi connectivity index (χ1) is 13.0. The number of fused-ring (bicyclic) bond motifs is 1. The number of methoxy groups -OCH3 is 4. The number of ether oxygens (including phenoxy) is 5. The first-order valence-corrected chi connectivity index (χ1v) is 8.39. The van der Waals surface area contributed by atoms with E-state index in [0.29, 0.717) is 40.7 Å². The van der Waals surface area contributed by atoms with E-state index < -0.39 is 5.92 Å². The van der Waals surface area contributed by atoms with Crippen LogP contribution in [0.25, 0.3) is 0 Å². The van der Waals surface area contributed by atoms with Crippen LogP contribution in [0.1, 0.15) is 15.9 Å². The van der Waals surface area contributed by atoms with Gasteiger partial charge < -0.3 is 28.8 Å². The monoisotopic (exact) mass is 374 g/mol. The number of benzene rings is 2. The molecule has 1 N–H and O–H groups in total. The molecular weight excluding hydrogens is 352 g/mol. The van der Waals surface area contributed by atoms with E-state index in [-0.39, 0.29) is 18.1 Å². The summed E-state index contributed by atoms with van der Waals surface area (Å²) in [5.41, 5.74) is 1.14. The summed E-state index contributed by atoms with van der Waals surface area (Å²) in [5, 5.41) is 9.96. The molecule has 7 heteroatoms. The van der Waals surface area contributed by atoms with Crippen LogP contribution in [-0.4, -0.2) is 45.9 Å². The minimum Gasteiger partial charge on any atom is -0.504 e. The summed E-state index contributed by atoms with van der Waals surface area (Å²) in [6.07, 6.45) is 0.410. The molecule has 1 aliphatic heterocycles. The smallest absolute Gasteiger partial charge is 0.204 e. The van der Waals surface area contributed by atoms with Crippen LogP contribution in [0, 0.1) is 5.92 Å². The van der Waals surface area contributed by atoms with E-state index in [1.807, 2.05) is 6.07 Å². The molecule has 2 aromatic carbocycles. The molecule has 0 unspecified atom stereocenters. The second-order valence-corrected chi connectivity index (χ2v) is 6.10. The molecule has 27 heavy (non-hydrogen) atoms. The van der Waals surface area contributed by atoms with Gasteiger partial charge in [0.05, 0.1) is 41.0 Å². The van der Waals surface area contributed by atoms with E-state index in [1.165, 1.54) is 28.4 Å². The van der Waals surface area contributed by atoms with E-state index in [4.69, 9.17) is 23.7 Å². The lowest BCUT2D eigenvalue weighted by molar-refractivity contribution is 0.0823. The predicted molar refractivity (Wildman–Crippen MR) is 97.8 cm³/mol. The van der Waals surface area contributed by atoms with Gasteiger partial charge in [-0.1, -0.05) is 6.07 Å². The lowest BCUT2D eigenvalue weighted by Crippen LogP contribution is -2.30. The van der Waals surface area contributed by atoms with Crippen LogP contribution in [0.15, 0.2) is 24.3 Å². The Kier molecular flexibility index (Phi) is 5.30. The highest BCUT2D eigenvalue weighted by Gasteiger charge is 2.35. The Morgan fingerprint density at radius 1 is 1.00 bits per heavy atom. The van der Waals surface area contributed by atoms with Crippen LogP contribution < -0.4 is 23.7 Å². The SMILES string of the molecule is COc1ccc(C[C@H]2COc3cc(OC)c(OC)c(OC)c3C2=O)cc1O. The van der Waals surface area contributed by atoms with Gasteiger partial charge in [0.2, 0.25) is 5.75 Å². The largest absolute Gasteiger partial charge is 0.504 e. The zero-order chi connectivity index (χ0) is 19.6. The van der Waals surface area contributed by atoms with Gasteiger partial charge in [-0.15, -0.1) is 0 Å². The molecule has 0 saturated heterocycles. The van der Waals surface area contributed by atoms with Crippen molar-refractivity contribution >= 4 is 5.78 Å². The van der Waals surface area contributed by atoms with Crippen molar-refractivity contribution in [2.24, 2.45) is 5.92 Å². The molecule has 0 radical (unpaired) electrons. The third-order valence-electron chi connectivity index (χ3n) is 4.58. The fourth-order valence-corrected chi connectivity index (χ4v) is 3.25. The highest BCUT2D eigenvalue weighted by Crippen LogP contribution is 2.47. The van der Waals surface area contributed by atoms with Gasteiger partial charge in [-0.25, -0.2) is 0 Å². The minimum absolute atomic E-state index is 0.0311. The fourth-order valence-electron chi connectivity index (χ4n) is 3.25. The summed E-state index contributed by atoms with van der Waals surface area (Å²) >= 11 is 0. The van der Waals surface area contributed by atoms with Crippen LogP contribution in [0.5, 0.6) is 34.5 Å². The van der Waals surface area contributed by atoms with E-state index in [2.05, 4.69) is 0 Å². The third-order valence-corrected chi connectivity index (χ3v) is 4.58. The highest BCUT2D eigenvalue weighted by atomic mass is 16.5. The van der Waals surface area contributed by atoms with Crippen molar-refractivity contribution in [3.05, 3.63) is 35.4 Å². The summed E-state index contributed by atoms with van der Waals surface area (Å²) in [6, 6.07) is 6.70. The number of aromatic hydroxyl groups is 1. The fraction of sp³-hybridized carbons (Fsp3) is 0.350. The number of Topliss-reactive ketones (excluding diaryl/α,β-unsaturated/α-hetero) is 1. The van der Waals surface area contributed by atoms with Gasteiger partial charge >= 0.3 is 0 Å². The molecule has 1 atom stereocenters. The number of phenols is 1. The Hall–Kier alpha value is -3.09. The average molecular weight is 374 g/mol. The topological polar surface area (TPSA) is 83.5 Å². The molecule has 144 valence electrons. The Morgan fingerprint density at radius 2 is 1.70 bits per heavy atom. The molecule has 0 aromatic heterocycles. The molecule has 3 rings (SSSR count). The Labute approximate surface area is 157 Å². The molecule has 0 bridgehead atoms. The summed E-state index contributed by atoms with van der Waals surface area (Å²) in [5.74, 6) is 1.36. The van der Waals surface area contributed by atoms with Gasteiger partial charge in [0.1, 0.15) is 11.3 Å². The summed E-state index contributed by atoms with van der Waals surface area (Å²) in [4.78, 5) is 13.1. The van der Waals surface area contributed by atoms with Crippen LogP contribution in [0.3, 0.4) is 0 Å². The lowest BCUT2D eigenvalue weighted by Gasteiger charge is -2.27. The lowest BCUT2D eigenvalue weighted by atomic mass is 9.88. The van der Waals surface area contributed by atoms with Crippen molar-refractivity contribution in [2.75, 3.05) is 35.0 Å². The third kappa shape index (κ3) is 3.32. The molecule has 0 amide bonds. The Morgan fingerprint density at radius 3 is 2.30 bits per heavy atom. The van der Waals surface area contributed by atoms with Gasteiger partial charge in [0.25, 0.3) is 0 Å². The van der Waals surface area contributed by atoms with Crippen molar-refractivity contribution in [1.29, 1.82) is 0 Å². The van der Waals surface area contributed by atoms with Crippen molar-refractivity contribution in [3.63, 3.8) is 0 Å².